The number of hydrogen-bond acceptors (Lipinski definition) is 4. The Morgan fingerprint density at radius 1 is 0.486 bits per heavy atom. The number of rotatable bonds is 4. The van der Waals surface area contributed by atoms with Gasteiger partial charge in [0.1, 0.15) is 18.1 Å². The van der Waals surface area contributed by atoms with Crippen molar-refractivity contribution in [3.05, 3.63) is 130 Å². The fourth-order valence-corrected chi connectivity index (χ4v) is 12.4. The fourth-order valence-electron chi connectivity index (χ4n) is 5.49. The molecule has 0 unspecified atom stereocenters. The molecule has 0 spiro atoms. The van der Waals surface area contributed by atoms with Crippen molar-refractivity contribution in [2.45, 2.75) is 13.1 Å². The number of hydrogen-bond donors (Lipinski definition) is 0. The van der Waals surface area contributed by atoms with E-state index in [4.69, 9.17) is 9.97 Å². The molecule has 0 N–H and O–H groups in total. The molecule has 1 aliphatic rings. The largest absolute Gasteiger partial charge is 0.237 e. The third-order valence-corrected chi connectivity index (χ3v) is 13.1. The molecule has 2 nitrogen and oxygen atoms in total. The highest BCUT2D eigenvalue weighted by molar-refractivity contribution is 7.27. The van der Waals surface area contributed by atoms with Gasteiger partial charge in [-0.1, -0.05) is 98.0 Å². The van der Waals surface area contributed by atoms with Crippen molar-refractivity contribution >= 4 is 72.7 Å². The maximum absolute atomic E-state index is 5.22. The van der Waals surface area contributed by atoms with Crippen LogP contribution in [0.2, 0.25) is 13.1 Å². The summed E-state index contributed by atoms with van der Waals surface area (Å²) in [7, 11) is -2.24. The Balaban J connectivity index is 1.60. The smallest absolute Gasteiger partial charge is 0.121 e. The predicted octanol–water partition coefficient (Wildman–Crippen LogP) is 9.23. The topological polar surface area (TPSA) is 25.8 Å². The molecule has 0 fully saturated rings. The van der Waals surface area contributed by atoms with Crippen LogP contribution in [-0.4, -0.2) is 18.0 Å². The zero-order valence-electron chi connectivity index (χ0n) is 20.6. The average molecular weight is 529 g/mol. The highest BCUT2D eigenvalue weighted by atomic mass is 32.1. The first-order chi connectivity index (χ1) is 18.1. The van der Waals surface area contributed by atoms with Crippen LogP contribution in [0.4, 0.5) is 0 Å². The normalized spacial score (nSPS) is 15.3. The third-order valence-electron chi connectivity index (χ3n) is 7.14. The number of thiazole rings is 2. The van der Waals surface area contributed by atoms with Crippen molar-refractivity contribution in [2.75, 3.05) is 0 Å². The summed E-state index contributed by atoms with van der Waals surface area (Å²) in [4.78, 5) is 10.4. The van der Waals surface area contributed by atoms with Crippen molar-refractivity contribution in [3.63, 3.8) is 0 Å². The minimum absolute atomic E-state index is 1.07. The number of nitrogens with zero attached hydrogens (tertiary/aromatic N) is 2. The van der Waals surface area contributed by atoms with Gasteiger partial charge in [0.05, 0.1) is 20.4 Å². The number of aromatic nitrogens is 2. The molecule has 7 rings (SSSR count). The quantitative estimate of drug-likeness (QED) is 0.213. The molecule has 6 aromatic rings. The van der Waals surface area contributed by atoms with Gasteiger partial charge in [0.15, 0.2) is 0 Å². The molecule has 0 radical (unpaired) electrons. The molecule has 0 saturated heterocycles. The second-order valence-electron chi connectivity index (χ2n) is 9.83. The van der Waals surface area contributed by atoms with Crippen LogP contribution in [0.1, 0.15) is 21.1 Å². The highest BCUT2D eigenvalue weighted by Crippen LogP contribution is 2.56. The van der Waals surface area contributed by atoms with Gasteiger partial charge in [-0.2, -0.15) is 0 Å². The van der Waals surface area contributed by atoms with Crippen LogP contribution in [0.3, 0.4) is 0 Å². The van der Waals surface area contributed by atoms with Crippen LogP contribution in [-0.2, 0) is 0 Å². The lowest BCUT2D eigenvalue weighted by molar-refractivity contribution is 1.44. The van der Waals surface area contributed by atoms with E-state index in [0.717, 1.165) is 21.0 Å². The van der Waals surface area contributed by atoms with Crippen LogP contribution in [0.15, 0.2) is 109 Å². The molecule has 0 aliphatic carbocycles. The molecule has 0 amide bonds. The van der Waals surface area contributed by atoms with Gasteiger partial charge in [0, 0.05) is 0 Å². The van der Waals surface area contributed by atoms with Crippen molar-refractivity contribution in [2.24, 2.45) is 0 Å². The van der Waals surface area contributed by atoms with Crippen LogP contribution < -0.4 is 0 Å². The highest BCUT2D eigenvalue weighted by Gasteiger charge is 2.46. The second-order valence-corrected chi connectivity index (χ2v) is 16.1. The molecule has 1 aliphatic heterocycles. The van der Waals surface area contributed by atoms with E-state index >= 15 is 0 Å². The molecular formula is C32H24N2S2Si. The summed E-state index contributed by atoms with van der Waals surface area (Å²) in [5.74, 6) is 0. The van der Waals surface area contributed by atoms with Gasteiger partial charge in [-0.15, -0.1) is 22.7 Å². The fraction of sp³-hybridized carbons (Fsp3) is 0.0625. The van der Waals surface area contributed by atoms with Crippen molar-refractivity contribution in [3.8, 4) is 0 Å². The lowest BCUT2D eigenvalue weighted by Gasteiger charge is -2.23. The van der Waals surface area contributed by atoms with E-state index in [1.807, 2.05) is 22.7 Å². The van der Waals surface area contributed by atoms with E-state index < -0.39 is 8.07 Å². The zero-order chi connectivity index (χ0) is 25.0. The van der Waals surface area contributed by atoms with Gasteiger partial charge in [0.2, 0.25) is 0 Å². The van der Waals surface area contributed by atoms with Gasteiger partial charge in [0.25, 0.3) is 0 Å². The lowest BCUT2D eigenvalue weighted by Crippen LogP contribution is -2.28. The first-order valence-electron chi connectivity index (χ1n) is 12.4. The maximum atomic E-state index is 5.22. The second kappa shape index (κ2) is 8.73. The van der Waals surface area contributed by atoms with Gasteiger partial charge >= 0.3 is 0 Å². The molecular weight excluding hydrogens is 505 g/mol. The first kappa shape index (κ1) is 22.5. The van der Waals surface area contributed by atoms with Crippen LogP contribution >= 0.6 is 22.7 Å². The van der Waals surface area contributed by atoms with E-state index in [1.54, 1.807) is 0 Å². The molecule has 178 valence electrons. The van der Waals surface area contributed by atoms with Crippen molar-refractivity contribution in [1.82, 2.24) is 9.97 Å². The van der Waals surface area contributed by atoms with Gasteiger partial charge < -0.3 is 0 Å². The van der Waals surface area contributed by atoms with Crippen molar-refractivity contribution in [1.29, 1.82) is 0 Å². The molecule has 3 heterocycles. The van der Waals surface area contributed by atoms with Crippen LogP contribution in [0.5, 0.6) is 0 Å². The molecule has 0 saturated carbocycles. The molecule has 4 aromatic carbocycles. The Kier molecular flexibility index (Phi) is 5.32. The summed E-state index contributed by atoms with van der Waals surface area (Å²) in [6, 6.07) is 38.7. The van der Waals surface area contributed by atoms with E-state index in [9.17, 15) is 0 Å². The standard InChI is InChI=1S/C32H24N2S2Si/c1-37(2)29(31-33-23-17-9-11-19-25(23)35-31)27(21-13-5-3-6-14-21)28(22-15-7-4-8-16-22)30(37)32-34-24-18-10-12-20-26(24)36-32/h3-20H,1-2H3. The first-order valence-corrected chi connectivity index (χ1v) is 17.1. The van der Waals surface area contributed by atoms with E-state index in [-0.39, 0.29) is 0 Å². The molecule has 37 heavy (non-hydrogen) atoms. The Morgan fingerprint density at radius 2 is 0.865 bits per heavy atom. The van der Waals surface area contributed by atoms with E-state index in [1.165, 1.54) is 42.1 Å². The molecule has 2 aromatic heterocycles. The zero-order valence-corrected chi connectivity index (χ0v) is 23.2. The van der Waals surface area contributed by atoms with Gasteiger partial charge in [-0.25, -0.2) is 9.97 Å². The SMILES string of the molecule is C[Si]1(C)C(c2nc3ccccc3s2)=C(c2ccccc2)C(c2ccccc2)=C1c1nc2ccccc2s1. The minimum atomic E-state index is -2.24. The van der Waals surface area contributed by atoms with E-state index in [0.29, 0.717) is 0 Å². The molecule has 5 heteroatoms. The summed E-state index contributed by atoms with van der Waals surface area (Å²) in [5.41, 5.74) is 7.26. The van der Waals surface area contributed by atoms with Gasteiger partial charge in [-0.3, -0.25) is 0 Å². The lowest BCUT2D eigenvalue weighted by atomic mass is 9.91. The summed E-state index contributed by atoms with van der Waals surface area (Å²) in [6.07, 6.45) is 0. The summed E-state index contributed by atoms with van der Waals surface area (Å²) < 4.78 is 2.47. The average Bonchev–Trinajstić information content (AvgIpc) is 3.60. The monoisotopic (exact) mass is 528 g/mol. The van der Waals surface area contributed by atoms with Crippen molar-refractivity contribution < 1.29 is 0 Å². The number of fused-ring (bicyclic) bond motifs is 2. The van der Waals surface area contributed by atoms with E-state index in [2.05, 4.69) is 122 Å². The number of allylic oxidation sites excluding steroid dienone is 2. The van der Waals surface area contributed by atoms with Gasteiger partial charge in [-0.05, 0) is 56.9 Å². The molecule has 0 bridgehead atoms. The summed E-state index contributed by atoms with van der Waals surface area (Å²) >= 11 is 3.63. The van der Waals surface area contributed by atoms with Crippen LogP contribution in [0, 0.1) is 0 Å². The van der Waals surface area contributed by atoms with Crippen LogP contribution in [0.25, 0.3) is 42.0 Å². The number of benzene rings is 4. The Morgan fingerprint density at radius 3 is 1.27 bits per heavy atom. The Hall–Kier alpha value is -3.64. The molecule has 0 atom stereocenters. The number of para-hydroxylation sites is 2. The maximum Gasteiger partial charge on any atom is 0.121 e. The minimum Gasteiger partial charge on any atom is -0.237 e. The third kappa shape index (κ3) is 3.65. The Bertz CT molecular complexity index is 1640. The summed E-state index contributed by atoms with van der Waals surface area (Å²) in [6.45, 7) is 4.96. The Labute approximate surface area is 225 Å². The predicted molar refractivity (Wildman–Crippen MR) is 163 cm³/mol. The summed E-state index contributed by atoms with van der Waals surface area (Å²) in [5, 5.41) is 5.10.